The third kappa shape index (κ3) is 3.32. The Morgan fingerprint density at radius 1 is 1.23 bits per heavy atom. The van der Waals surface area contributed by atoms with Crippen LogP contribution in [0.4, 0.5) is 5.69 Å². The molecule has 22 heavy (non-hydrogen) atoms. The molecule has 0 bridgehead atoms. The van der Waals surface area contributed by atoms with Crippen molar-refractivity contribution in [3.05, 3.63) is 64.7 Å². The lowest BCUT2D eigenvalue weighted by Crippen LogP contribution is -2.17. The van der Waals surface area contributed by atoms with E-state index in [1.807, 2.05) is 55.6 Å². The van der Waals surface area contributed by atoms with Crippen LogP contribution in [0, 0.1) is 5.92 Å². The van der Waals surface area contributed by atoms with E-state index in [1.165, 1.54) is 0 Å². The molecule has 2 aromatic rings. The highest BCUT2D eigenvalue weighted by Crippen LogP contribution is 2.48. The van der Waals surface area contributed by atoms with Crippen LogP contribution in [0.15, 0.2) is 48.5 Å². The summed E-state index contributed by atoms with van der Waals surface area (Å²) in [5, 5.41) is 6.90. The van der Waals surface area contributed by atoms with Crippen LogP contribution in [-0.2, 0) is 11.3 Å². The number of anilines is 1. The molecule has 3 rings (SSSR count). The van der Waals surface area contributed by atoms with Crippen molar-refractivity contribution in [3.8, 4) is 0 Å². The smallest absolute Gasteiger partial charge is 0.228 e. The molecule has 3 nitrogen and oxygen atoms in total. The fraction of sp³-hybridized carbons (Fsp3) is 0.278. The van der Waals surface area contributed by atoms with Crippen LogP contribution >= 0.6 is 11.6 Å². The van der Waals surface area contributed by atoms with Gasteiger partial charge in [-0.3, -0.25) is 4.79 Å². The number of benzene rings is 2. The van der Waals surface area contributed by atoms with Gasteiger partial charge < -0.3 is 10.6 Å². The summed E-state index contributed by atoms with van der Waals surface area (Å²) in [7, 11) is 1.90. The molecule has 0 aromatic heterocycles. The van der Waals surface area contributed by atoms with Crippen LogP contribution in [0.1, 0.15) is 23.5 Å². The van der Waals surface area contributed by atoms with Gasteiger partial charge in [-0.25, -0.2) is 0 Å². The van der Waals surface area contributed by atoms with Gasteiger partial charge >= 0.3 is 0 Å². The number of hydrogen-bond donors (Lipinski definition) is 2. The van der Waals surface area contributed by atoms with Crippen molar-refractivity contribution < 1.29 is 4.79 Å². The molecule has 1 saturated carbocycles. The summed E-state index contributed by atoms with van der Waals surface area (Å²) in [6.45, 7) is 0.735. The number of nitrogens with one attached hydrogen (secondary N) is 2. The van der Waals surface area contributed by atoms with Gasteiger partial charge in [-0.05, 0) is 48.7 Å². The second kappa shape index (κ2) is 6.51. The van der Waals surface area contributed by atoms with Crippen LogP contribution in [0.25, 0.3) is 0 Å². The zero-order valence-electron chi connectivity index (χ0n) is 12.5. The fourth-order valence-corrected chi connectivity index (χ4v) is 3.00. The van der Waals surface area contributed by atoms with Gasteiger partial charge in [0.2, 0.25) is 5.91 Å². The molecular weight excluding hydrogens is 296 g/mol. The summed E-state index contributed by atoms with van der Waals surface area (Å²) < 4.78 is 0. The molecule has 0 radical (unpaired) electrons. The summed E-state index contributed by atoms with van der Waals surface area (Å²) in [5.74, 6) is 0.421. The monoisotopic (exact) mass is 314 g/mol. The molecule has 0 unspecified atom stereocenters. The number of halogens is 1. The molecule has 2 aromatic carbocycles. The highest BCUT2D eigenvalue weighted by Gasteiger charge is 2.44. The molecule has 0 aliphatic heterocycles. The summed E-state index contributed by atoms with van der Waals surface area (Å²) in [6.07, 6.45) is 0.889. The molecule has 1 fully saturated rings. The van der Waals surface area contributed by atoms with Crippen molar-refractivity contribution in [2.45, 2.75) is 18.9 Å². The predicted octanol–water partition coefficient (Wildman–Crippen LogP) is 3.80. The van der Waals surface area contributed by atoms with Crippen LogP contribution in [-0.4, -0.2) is 13.0 Å². The highest BCUT2D eigenvalue weighted by molar-refractivity contribution is 6.30. The average molecular weight is 315 g/mol. The molecule has 1 amide bonds. The zero-order chi connectivity index (χ0) is 15.5. The topological polar surface area (TPSA) is 41.1 Å². The normalized spacial score (nSPS) is 19.7. The van der Waals surface area contributed by atoms with Crippen LogP contribution in [0.3, 0.4) is 0 Å². The maximum atomic E-state index is 12.4. The van der Waals surface area contributed by atoms with Gasteiger partial charge in [0.25, 0.3) is 0 Å². The third-order valence-corrected chi connectivity index (χ3v) is 4.28. The quantitative estimate of drug-likeness (QED) is 0.881. The van der Waals surface area contributed by atoms with E-state index in [-0.39, 0.29) is 17.7 Å². The van der Waals surface area contributed by atoms with Crippen LogP contribution in [0.5, 0.6) is 0 Å². The van der Waals surface area contributed by atoms with Crippen molar-refractivity contribution in [3.63, 3.8) is 0 Å². The van der Waals surface area contributed by atoms with Gasteiger partial charge in [0.05, 0.1) is 0 Å². The van der Waals surface area contributed by atoms with Crippen molar-refractivity contribution in [1.29, 1.82) is 0 Å². The van der Waals surface area contributed by atoms with Gasteiger partial charge in [-0.1, -0.05) is 41.9 Å². The second-order valence-electron chi connectivity index (χ2n) is 5.68. The Hall–Kier alpha value is -1.84. The van der Waals surface area contributed by atoms with Gasteiger partial charge in [0.15, 0.2) is 0 Å². The second-order valence-corrected chi connectivity index (χ2v) is 6.12. The number of para-hydroxylation sites is 1. The maximum Gasteiger partial charge on any atom is 0.228 e. The first-order chi connectivity index (χ1) is 10.7. The molecule has 114 valence electrons. The largest absolute Gasteiger partial charge is 0.326 e. The number of carbonyl (C=O) groups is 1. The Morgan fingerprint density at radius 3 is 2.82 bits per heavy atom. The molecule has 1 aliphatic carbocycles. The van der Waals surface area contributed by atoms with Crippen molar-refractivity contribution in [1.82, 2.24) is 5.32 Å². The Bertz CT molecular complexity index is 686. The Kier molecular flexibility index (Phi) is 4.46. The molecule has 0 saturated heterocycles. The zero-order valence-corrected chi connectivity index (χ0v) is 13.2. The first-order valence-electron chi connectivity index (χ1n) is 7.48. The van der Waals surface area contributed by atoms with Gasteiger partial charge in [-0.2, -0.15) is 0 Å². The minimum Gasteiger partial charge on any atom is -0.326 e. The van der Waals surface area contributed by atoms with E-state index in [2.05, 4.69) is 10.6 Å². The Morgan fingerprint density at radius 2 is 2.05 bits per heavy atom. The Balaban J connectivity index is 1.67. The van der Waals surface area contributed by atoms with Crippen LogP contribution < -0.4 is 10.6 Å². The minimum atomic E-state index is 0.0427. The lowest BCUT2D eigenvalue weighted by Gasteiger charge is -2.10. The van der Waals surface area contributed by atoms with E-state index < -0.39 is 0 Å². The molecule has 2 atom stereocenters. The van der Waals surface area contributed by atoms with E-state index in [1.54, 1.807) is 0 Å². The fourth-order valence-electron chi connectivity index (χ4n) is 2.80. The van der Waals surface area contributed by atoms with E-state index in [4.69, 9.17) is 11.6 Å². The van der Waals surface area contributed by atoms with E-state index in [0.717, 1.165) is 34.8 Å². The Labute approximate surface area is 135 Å². The number of hydrogen-bond acceptors (Lipinski definition) is 2. The molecule has 2 N–H and O–H groups in total. The number of amides is 1. The highest BCUT2D eigenvalue weighted by atomic mass is 35.5. The minimum absolute atomic E-state index is 0.0427. The molecule has 1 aliphatic rings. The van der Waals surface area contributed by atoms with Gasteiger partial charge in [0, 0.05) is 23.2 Å². The molecule has 0 spiro atoms. The van der Waals surface area contributed by atoms with Crippen molar-refractivity contribution in [2.75, 3.05) is 12.4 Å². The molecular formula is C18H19ClN2O. The summed E-state index contributed by atoms with van der Waals surface area (Å²) in [4.78, 5) is 12.4. The predicted molar refractivity (Wildman–Crippen MR) is 90.1 cm³/mol. The first kappa shape index (κ1) is 15.1. The average Bonchev–Trinajstić information content (AvgIpc) is 3.30. The van der Waals surface area contributed by atoms with Gasteiger partial charge in [0.1, 0.15) is 0 Å². The standard InChI is InChI=1S/C18H19ClN2O/c1-20-11-13-5-2-3-8-17(13)21-18(22)16-10-15(16)12-6-4-7-14(19)9-12/h2-9,15-16,20H,10-11H2,1H3,(H,21,22)/t15-,16+/m1/s1. The van der Waals surface area contributed by atoms with Crippen molar-refractivity contribution >= 4 is 23.2 Å². The lowest BCUT2D eigenvalue weighted by atomic mass is 10.1. The molecule has 0 heterocycles. The van der Waals surface area contributed by atoms with E-state index >= 15 is 0 Å². The summed E-state index contributed by atoms with van der Waals surface area (Å²) in [6, 6.07) is 15.7. The SMILES string of the molecule is CNCc1ccccc1NC(=O)[C@H]1C[C@@H]1c1cccc(Cl)c1. The number of rotatable bonds is 5. The summed E-state index contributed by atoms with van der Waals surface area (Å²) in [5.41, 5.74) is 3.13. The number of carbonyl (C=O) groups excluding carboxylic acids is 1. The summed E-state index contributed by atoms with van der Waals surface area (Å²) >= 11 is 6.02. The van der Waals surface area contributed by atoms with Gasteiger partial charge in [-0.15, -0.1) is 0 Å². The maximum absolute atomic E-state index is 12.4. The first-order valence-corrected chi connectivity index (χ1v) is 7.85. The third-order valence-electron chi connectivity index (χ3n) is 4.05. The van der Waals surface area contributed by atoms with E-state index in [9.17, 15) is 4.79 Å². The van der Waals surface area contributed by atoms with Crippen molar-refractivity contribution in [2.24, 2.45) is 5.92 Å². The molecule has 4 heteroatoms. The lowest BCUT2D eigenvalue weighted by molar-refractivity contribution is -0.117. The van der Waals surface area contributed by atoms with E-state index in [0.29, 0.717) is 0 Å². The van der Waals surface area contributed by atoms with Crippen LogP contribution in [0.2, 0.25) is 5.02 Å².